The third-order valence-electron chi connectivity index (χ3n) is 3.36. The van der Waals surface area contributed by atoms with E-state index < -0.39 is 0 Å². The van der Waals surface area contributed by atoms with Crippen LogP contribution in [-0.2, 0) is 6.54 Å². The van der Waals surface area contributed by atoms with Crippen LogP contribution >= 0.6 is 0 Å². The normalized spacial score (nSPS) is 12.6. The molecule has 0 N–H and O–H groups in total. The molecule has 0 saturated heterocycles. The van der Waals surface area contributed by atoms with Gasteiger partial charge in [0.1, 0.15) is 18.1 Å². The summed E-state index contributed by atoms with van der Waals surface area (Å²) in [5, 5.41) is 9.01. The van der Waals surface area contributed by atoms with E-state index >= 15 is 0 Å². The van der Waals surface area contributed by atoms with Gasteiger partial charge in [0, 0.05) is 6.07 Å². The molecule has 0 saturated carbocycles. The molecule has 0 radical (unpaired) electrons. The molecule has 1 atom stereocenters. The highest BCUT2D eigenvalue weighted by Crippen LogP contribution is 2.26. The van der Waals surface area contributed by atoms with Crippen molar-refractivity contribution < 1.29 is 4.74 Å². The third kappa shape index (κ3) is 2.40. The molecule has 1 aromatic carbocycles. The average Bonchev–Trinajstić information content (AvgIpc) is 2.76. The van der Waals surface area contributed by atoms with Gasteiger partial charge in [-0.1, -0.05) is 0 Å². The summed E-state index contributed by atoms with van der Waals surface area (Å²) in [7, 11) is 5.64. The molecule has 5 nitrogen and oxygen atoms in total. The number of hydrogen-bond acceptors (Lipinski definition) is 4. The molecule has 0 aliphatic carbocycles. The average molecular weight is 258 g/mol. The Morgan fingerprint density at radius 1 is 1.47 bits per heavy atom. The van der Waals surface area contributed by atoms with Crippen LogP contribution in [-0.4, -0.2) is 35.7 Å². The van der Waals surface area contributed by atoms with E-state index in [4.69, 9.17) is 10.00 Å². The number of hydrogen-bond donors (Lipinski definition) is 0. The van der Waals surface area contributed by atoms with Crippen LogP contribution in [0, 0.1) is 11.3 Å². The van der Waals surface area contributed by atoms with Crippen LogP contribution in [0.3, 0.4) is 0 Å². The lowest BCUT2D eigenvalue weighted by molar-refractivity contribution is 0.303. The number of methoxy groups -OCH3 is 1. The Bertz CT molecular complexity index is 624. The van der Waals surface area contributed by atoms with Crippen LogP contribution in [0.4, 0.5) is 0 Å². The Morgan fingerprint density at radius 3 is 2.79 bits per heavy atom. The number of nitrogens with zero attached hydrogens (tertiary/aromatic N) is 4. The smallest absolute Gasteiger partial charge is 0.127 e. The van der Waals surface area contributed by atoms with Crippen molar-refractivity contribution in [3.8, 4) is 11.8 Å². The maximum Gasteiger partial charge on any atom is 0.127 e. The molecular formula is C14H18N4O. The van der Waals surface area contributed by atoms with Gasteiger partial charge in [-0.05, 0) is 33.2 Å². The summed E-state index contributed by atoms with van der Waals surface area (Å²) in [5.41, 5.74) is 1.82. The van der Waals surface area contributed by atoms with E-state index in [1.54, 1.807) is 7.11 Å². The zero-order valence-electron chi connectivity index (χ0n) is 11.7. The van der Waals surface area contributed by atoms with Gasteiger partial charge in [-0.3, -0.25) is 4.90 Å². The Hall–Kier alpha value is -2.06. The van der Waals surface area contributed by atoms with Crippen molar-refractivity contribution in [2.75, 3.05) is 21.2 Å². The molecule has 2 rings (SSSR count). The van der Waals surface area contributed by atoms with Crippen molar-refractivity contribution in [3.63, 3.8) is 0 Å². The summed E-state index contributed by atoms with van der Waals surface area (Å²) < 4.78 is 7.17. The van der Waals surface area contributed by atoms with Gasteiger partial charge in [0.05, 0.1) is 30.3 Å². The van der Waals surface area contributed by atoms with Crippen molar-refractivity contribution in [1.82, 2.24) is 14.5 Å². The molecule has 0 aliphatic rings. The quantitative estimate of drug-likeness (QED) is 0.843. The van der Waals surface area contributed by atoms with Crippen molar-refractivity contribution >= 4 is 11.0 Å². The number of ether oxygens (including phenoxy) is 1. The SMILES string of the molecule is COc1ccc2c(c1)nc(C(C)N(C)C)n2CC#N. The molecule has 0 aliphatic heterocycles. The summed E-state index contributed by atoms with van der Waals surface area (Å²) in [6.45, 7) is 2.38. The first-order valence-electron chi connectivity index (χ1n) is 6.16. The monoisotopic (exact) mass is 258 g/mol. The second-order valence-electron chi connectivity index (χ2n) is 4.71. The number of imidazole rings is 1. The highest BCUT2D eigenvalue weighted by molar-refractivity contribution is 5.78. The van der Waals surface area contributed by atoms with Crippen LogP contribution in [0.2, 0.25) is 0 Å². The highest BCUT2D eigenvalue weighted by atomic mass is 16.5. The molecule has 2 aromatic rings. The van der Waals surface area contributed by atoms with Gasteiger partial charge in [0.25, 0.3) is 0 Å². The molecule has 0 spiro atoms. The first-order valence-corrected chi connectivity index (χ1v) is 6.16. The molecule has 19 heavy (non-hydrogen) atoms. The van der Waals surface area contributed by atoms with Gasteiger partial charge in [-0.25, -0.2) is 4.98 Å². The fraction of sp³-hybridized carbons (Fsp3) is 0.429. The van der Waals surface area contributed by atoms with Gasteiger partial charge < -0.3 is 9.30 Å². The van der Waals surface area contributed by atoms with E-state index in [0.29, 0.717) is 6.54 Å². The maximum absolute atomic E-state index is 9.01. The van der Waals surface area contributed by atoms with E-state index in [2.05, 4.69) is 22.9 Å². The lowest BCUT2D eigenvalue weighted by atomic mass is 10.3. The van der Waals surface area contributed by atoms with Crippen molar-refractivity contribution in [2.24, 2.45) is 0 Å². The van der Waals surface area contributed by atoms with Crippen LogP contribution in [0.15, 0.2) is 18.2 Å². The second kappa shape index (κ2) is 5.29. The Kier molecular flexibility index (Phi) is 3.72. The van der Waals surface area contributed by atoms with Gasteiger partial charge in [0.15, 0.2) is 0 Å². The van der Waals surface area contributed by atoms with E-state index in [9.17, 15) is 0 Å². The lowest BCUT2D eigenvalue weighted by Crippen LogP contribution is -2.20. The van der Waals surface area contributed by atoms with Gasteiger partial charge in [0.2, 0.25) is 0 Å². The highest BCUT2D eigenvalue weighted by Gasteiger charge is 2.18. The van der Waals surface area contributed by atoms with E-state index in [1.165, 1.54) is 0 Å². The largest absolute Gasteiger partial charge is 0.497 e. The number of benzene rings is 1. The first-order chi connectivity index (χ1) is 9.08. The molecule has 1 aromatic heterocycles. The fourth-order valence-electron chi connectivity index (χ4n) is 2.04. The number of aromatic nitrogens is 2. The second-order valence-corrected chi connectivity index (χ2v) is 4.71. The zero-order chi connectivity index (χ0) is 14.0. The topological polar surface area (TPSA) is 54.1 Å². The summed E-state index contributed by atoms with van der Waals surface area (Å²) in [6.07, 6.45) is 0. The molecule has 1 heterocycles. The zero-order valence-corrected chi connectivity index (χ0v) is 11.7. The molecule has 0 bridgehead atoms. The van der Waals surface area contributed by atoms with Crippen LogP contribution in [0.25, 0.3) is 11.0 Å². The van der Waals surface area contributed by atoms with Crippen LogP contribution < -0.4 is 4.74 Å². The minimum Gasteiger partial charge on any atom is -0.497 e. The summed E-state index contributed by atoms with van der Waals surface area (Å²) >= 11 is 0. The number of fused-ring (bicyclic) bond motifs is 1. The molecule has 100 valence electrons. The van der Waals surface area contributed by atoms with Crippen LogP contribution in [0.5, 0.6) is 5.75 Å². The summed E-state index contributed by atoms with van der Waals surface area (Å²) in [4.78, 5) is 6.73. The molecule has 1 unspecified atom stereocenters. The predicted molar refractivity (Wildman–Crippen MR) is 74.0 cm³/mol. The Labute approximate surface area is 113 Å². The minimum absolute atomic E-state index is 0.145. The van der Waals surface area contributed by atoms with E-state index in [-0.39, 0.29) is 6.04 Å². The molecule has 0 amide bonds. The lowest BCUT2D eigenvalue weighted by Gasteiger charge is -2.19. The van der Waals surface area contributed by atoms with Gasteiger partial charge in [-0.2, -0.15) is 5.26 Å². The van der Waals surface area contributed by atoms with Crippen molar-refractivity contribution in [2.45, 2.75) is 19.5 Å². The van der Waals surface area contributed by atoms with Gasteiger partial charge in [-0.15, -0.1) is 0 Å². The van der Waals surface area contributed by atoms with Crippen molar-refractivity contribution in [3.05, 3.63) is 24.0 Å². The molecule has 0 fully saturated rings. The number of rotatable bonds is 4. The van der Waals surface area contributed by atoms with E-state index in [0.717, 1.165) is 22.6 Å². The Balaban J connectivity index is 2.62. The fourth-order valence-corrected chi connectivity index (χ4v) is 2.04. The minimum atomic E-state index is 0.145. The predicted octanol–water partition coefficient (Wildman–Crippen LogP) is 2.19. The molecular weight excluding hydrogens is 240 g/mol. The Morgan fingerprint density at radius 2 is 2.21 bits per heavy atom. The van der Waals surface area contributed by atoms with Gasteiger partial charge >= 0.3 is 0 Å². The first kappa shape index (κ1) is 13.4. The maximum atomic E-state index is 9.01. The van der Waals surface area contributed by atoms with Crippen LogP contribution in [0.1, 0.15) is 18.8 Å². The molecule has 5 heteroatoms. The third-order valence-corrected chi connectivity index (χ3v) is 3.36. The number of nitriles is 1. The van der Waals surface area contributed by atoms with E-state index in [1.807, 2.05) is 36.9 Å². The summed E-state index contributed by atoms with van der Waals surface area (Å²) in [5.74, 6) is 1.67. The standard InChI is InChI=1S/C14H18N4O/c1-10(17(2)3)14-16-12-9-11(19-4)5-6-13(12)18(14)8-7-15/h5-6,9-10H,8H2,1-4H3. The van der Waals surface area contributed by atoms with Crippen molar-refractivity contribution in [1.29, 1.82) is 5.26 Å². The summed E-state index contributed by atoms with van der Waals surface area (Å²) in [6, 6.07) is 8.08.